The first-order valence-corrected chi connectivity index (χ1v) is 10.6. The van der Waals surface area contributed by atoms with Crippen LogP contribution in [0.2, 0.25) is 0 Å². The molecule has 0 spiro atoms. The monoisotopic (exact) mass is 407 g/mol. The summed E-state index contributed by atoms with van der Waals surface area (Å²) in [5, 5.41) is 11.9. The Bertz CT molecular complexity index is 847. The zero-order valence-corrected chi connectivity index (χ0v) is 17.2. The number of alkyl carbamates (subject to hydrolysis) is 1. The van der Waals surface area contributed by atoms with E-state index in [0.717, 1.165) is 54.4 Å². The molecule has 2 aromatic carbocycles. The summed E-state index contributed by atoms with van der Waals surface area (Å²) < 4.78 is 5.46. The summed E-state index contributed by atoms with van der Waals surface area (Å²) >= 11 is 0. The van der Waals surface area contributed by atoms with E-state index in [-0.39, 0.29) is 12.5 Å². The molecule has 3 rings (SSSR count). The molecule has 1 amide bonds. The van der Waals surface area contributed by atoms with Gasteiger partial charge in [-0.05, 0) is 41.5 Å². The van der Waals surface area contributed by atoms with E-state index in [4.69, 9.17) is 4.74 Å². The number of amides is 1. The normalized spacial score (nSPS) is 13.2. The minimum Gasteiger partial charge on any atom is -0.480 e. The Morgan fingerprint density at radius 3 is 2.20 bits per heavy atom. The van der Waals surface area contributed by atoms with Gasteiger partial charge in [-0.2, -0.15) is 0 Å². The van der Waals surface area contributed by atoms with Gasteiger partial charge in [-0.25, -0.2) is 9.59 Å². The van der Waals surface area contributed by atoms with Crippen LogP contribution in [0, 0.1) is 0 Å². The lowest BCUT2D eigenvalue weighted by molar-refractivity contribution is -0.139. The summed E-state index contributed by atoms with van der Waals surface area (Å²) in [6, 6.07) is 15.3. The Labute approximate surface area is 177 Å². The van der Waals surface area contributed by atoms with Crippen molar-refractivity contribution in [3.05, 3.63) is 72.3 Å². The molecule has 0 fully saturated rings. The van der Waals surface area contributed by atoms with Crippen LogP contribution in [0.15, 0.2) is 61.2 Å². The number of carboxylic acids is 1. The first kappa shape index (κ1) is 21.6. The van der Waals surface area contributed by atoms with E-state index in [1.807, 2.05) is 42.5 Å². The van der Waals surface area contributed by atoms with Crippen LogP contribution >= 0.6 is 0 Å². The maximum absolute atomic E-state index is 12.3. The molecule has 2 N–H and O–H groups in total. The number of carbonyl (C=O) groups is 2. The second kappa shape index (κ2) is 10.6. The zero-order valence-electron chi connectivity index (χ0n) is 17.2. The molecule has 158 valence electrons. The Kier molecular flexibility index (Phi) is 7.66. The SMILES string of the molecule is C=CCCCCCC[C@H](NC(=O)OCC1c2ccccc2-c2ccccc21)C(=O)O. The first-order valence-electron chi connectivity index (χ1n) is 10.6. The van der Waals surface area contributed by atoms with Crippen molar-refractivity contribution in [3.8, 4) is 11.1 Å². The molecule has 0 aromatic heterocycles. The number of allylic oxidation sites excluding steroid dienone is 1. The minimum absolute atomic E-state index is 0.0451. The fraction of sp³-hybridized carbons (Fsp3) is 0.360. The Hall–Kier alpha value is -3.08. The van der Waals surface area contributed by atoms with Crippen LogP contribution in [-0.4, -0.2) is 29.8 Å². The molecular weight excluding hydrogens is 378 g/mol. The number of carbonyl (C=O) groups excluding carboxylic acids is 1. The second-order valence-corrected chi connectivity index (χ2v) is 7.64. The Morgan fingerprint density at radius 2 is 1.60 bits per heavy atom. The number of nitrogens with one attached hydrogen (secondary N) is 1. The maximum atomic E-state index is 12.3. The van der Waals surface area contributed by atoms with Crippen LogP contribution in [-0.2, 0) is 9.53 Å². The lowest BCUT2D eigenvalue weighted by Crippen LogP contribution is -2.41. The van der Waals surface area contributed by atoms with E-state index in [9.17, 15) is 14.7 Å². The van der Waals surface area contributed by atoms with Crippen molar-refractivity contribution in [2.45, 2.75) is 50.5 Å². The molecule has 0 heterocycles. The average molecular weight is 408 g/mol. The molecule has 0 radical (unpaired) electrons. The Morgan fingerprint density at radius 1 is 1.00 bits per heavy atom. The lowest BCUT2D eigenvalue weighted by Gasteiger charge is -2.17. The topological polar surface area (TPSA) is 75.6 Å². The van der Waals surface area contributed by atoms with Gasteiger partial charge in [-0.3, -0.25) is 0 Å². The van der Waals surface area contributed by atoms with Gasteiger partial charge in [0.2, 0.25) is 0 Å². The molecular formula is C25H29NO4. The number of unbranched alkanes of at least 4 members (excludes halogenated alkanes) is 4. The van der Waals surface area contributed by atoms with Gasteiger partial charge >= 0.3 is 12.1 Å². The summed E-state index contributed by atoms with van der Waals surface area (Å²) in [6.45, 7) is 3.87. The van der Waals surface area contributed by atoms with Crippen molar-refractivity contribution in [1.29, 1.82) is 0 Å². The number of fused-ring (bicyclic) bond motifs is 3. The van der Waals surface area contributed by atoms with Gasteiger partial charge in [-0.1, -0.05) is 73.9 Å². The predicted molar refractivity (Wildman–Crippen MR) is 118 cm³/mol. The second-order valence-electron chi connectivity index (χ2n) is 7.64. The van der Waals surface area contributed by atoms with Crippen LogP contribution in [0.4, 0.5) is 4.79 Å². The van der Waals surface area contributed by atoms with E-state index >= 15 is 0 Å². The molecule has 2 aromatic rings. The van der Waals surface area contributed by atoms with Crippen LogP contribution < -0.4 is 5.32 Å². The van der Waals surface area contributed by atoms with Gasteiger partial charge in [0.1, 0.15) is 12.6 Å². The summed E-state index contributed by atoms with van der Waals surface area (Å²) in [5.74, 6) is -1.08. The highest BCUT2D eigenvalue weighted by Gasteiger charge is 2.29. The molecule has 5 nitrogen and oxygen atoms in total. The molecule has 5 heteroatoms. The highest BCUT2D eigenvalue weighted by atomic mass is 16.5. The number of aliphatic carboxylic acids is 1. The van der Waals surface area contributed by atoms with E-state index in [0.29, 0.717) is 6.42 Å². The predicted octanol–water partition coefficient (Wildman–Crippen LogP) is 5.50. The van der Waals surface area contributed by atoms with Gasteiger partial charge in [-0.15, -0.1) is 6.58 Å². The number of ether oxygens (including phenoxy) is 1. The van der Waals surface area contributed by atoms with Crippen molar-refractivity contribution in [3.63, 3.8) is 0 Å². The van der Waals surface area contributed by atoms with Gasteiger partial charge < -0.3 is 15.2 Å². The maximum Gasteiger partial charge on any atom is 0.407 e. The number of hydrogen-bond acceptors (Lipinski definition) is 3. The van der Waals surface area contributed by atoms with Crippen molar-refractivity contribution >= 4 is 12.1 Å². The average Bonchev–Trinajstić information content (AvgIpc) is 3.07. The molecule has 0 saturated heterocycles. The van der Waals surface area contributed by atoms with Crippen LogP contribution in [0.25, 0.3) is 11.1 Å². The van der Waals surface area contributed by atoms with Crippen LogP contribution in [0.5, 0.6) is 0 Å². The number of carboxylic acid groups (broad SMARTS) is 1. The smallest absolute Gasteiger partial charge is 0.407 e. The largest absolute Gasteiger partial charge is 0.480 e. The van der Waals surface area contributed by atoms with Crippen molar-refractivity contribution in [1.82, 2.24) is 5.32 Å². The molecule has 0 aliphatic heterocycles. The van der Waals surface area contributed by atoms with Crippen LogP contribution in [0.1, 0.15) is 55.6 Å². The molecule has 1 atom stereocenters. The van der Waals surface area contributed by atoms with E-state index in [1.54, 1.807) is 0 Å². The number of hydrogen-bond donors (Lipinski definition) is 2. The summed E-state index contributed by atoms with van der Waals surface area (Å²) in [5.41, 5.74) is 4.56. The van der Waals surface area contributed by atoms with Crippen molar-refractivity contribution < 1.29 is 19.4 Å². The van der Waals surface area contributed by atoms with Crippen LogP contribution in [0.3, 0.4) is 0 Å². The fourth-order valence-corrected chi connectivity index (χ4v) is 4.03. The lowest BCUT2D eigenvalue weighted by atomic mass is 9.98. The highest BCUT2D eigenvalue weighted by molar-refractivity contribution is 5.81. The summed E-state index contributed by atoms with van der Waals surface area (Å²) in [4.78, 5) is 23.8. The van der Waals surface area contributed by atoms with E-state index in [2.05, 4.69) is 24.0 Å². The molecule has 0 saturated carbocycles. The quantitative estimate of drug-likeness (QED) is 0.381. The Balaban J connectivity index is 1.53. The minimum atomic E-state index is -1.03. The highest BCUT2D eigenvalue weighted by Crippen LogP contribution is 2.44. The third-order valence-electron chi connectivity index (χ3n) is 5.58. The summed E-state index contributed by atoms with van der Waals surface area (Å²) in [6.07, 6.45) is 6.34. The standard InChI is InChI=1S/C25H29NO4/c1-2-3-4-5-6-7-16-23(24(27)28)26-25(29)30-17-22-20-14-10-8-12-18(20)19-13-9-11-15-21(19)22/h2,8-15,22-23H,1,3-7,16-17H2,(H,26,29)(H,27,28)/t23-/m0/s1. The molecule has 1 aliphatic rings. The first-order chi connectivity index (χ1) is 14.6. The molecule has 30 heavy (non-hydrogen) atoms. The molecule has 0 unspecified atom stereocenters. The van der Waals surface area contributed by atoms with Crippen molar-refractivity contribution in [2.24, 2.45) is 0 Å². The van der Waals surface area contributed by atoms with Gasteiger partial charge in [0.15, 0.2) is 0 Å². The summed E-state index contributed by atoms with van der Waals surface area (Å²) in [7, 11) is 0. The number of rotatable bonds is 11. The third kappa shape index (κ3) is 5.29. The van der Waals surface area contributed by atoms with Crippen molar-refractivity contribution in [2.75, 3.05) is 6.61 Å². The number of benzene rings is 2. The molecule has 1 aliphatic carbocycles. The van der Waals surface area contributed by atoms with E-state index in [1.165, 1.54) is 0 Å². The fourth-order valence-electron chi connectivity index (χ4n) is 4.03. The van der Waals surface area contributed by atoms with Gasteiger partial charge in [0, 0.05) is 5.92 Å². The van der Waals surface area contributed by atoms with Gasteiger partial charge in [0.05, 0.1) is 0 Å². The van der Waals surface area contributed by atoms with E-state index < -0.39 is 18.1 Å². The molecule has 0 bridgehead atoms. The van der Waals surface area contributed by atoms with Gasteiger partial charge in [0.25, 0.3) is 0 Å². The zero-order chi connectivity index (χ0) is 21.3. The third-order valence-corrected chi connectivity index (χ3v) is 5.58.